The highest BCUT2D eigenvalue weighted by molar-refractivity contribution is 7.22. The number of non-ortho nitro benzene ring substituents is 2. The Labute approximate surface area is 186 Å². The van der Waals surface area contributed by atoms with Crippen LogP contribution < -0.4 is 4.90 Å². The number of aromatic nitrogens is 1. The monoisotopic (exact) mass is 457 g/mol. The van der Waals surface area contributed by atoms with E-state index in [4.69, 9.17) is 4.74 Å². The average molecular weight is 457 g/mol. The maximum Gasteiger partial charge on any atom is 0.277 e. The summed E-state index contributed by atoms with van der Waals surface area (Å²) in [6.45, 7) is 3.48. The van der Waals surface area contributed by atoms with Gasteiger partial charge in [-0.15, -0.1) is 0 Å². The van der Waals surface area contributed by atoms with Crippen molar-refractivity contribution < 1.29 is 19.4 Å². The number of nitrogens with zero attached hydrogens (tertiary/aromatic N) is 5. The number of morpholine rings is 1. The molecule has 0 bridgehead atoms. The average Bonchev–Trinajstić information content (AvgIpc) is 3.23. The maximum absolute atomic E-state index is 13.4. The van der Waals surface area contributed by atoms with E-state index in [-0.39, 0.29) is 12.1 Å². The second-order valence-corrected chi connectivity index (χ2v) is 8.14. The minimum Gasteiger partial charge on any atom is -0.379 e. The van der Waals surface area contributed by atoms with Gasteiger partial charge in [-0.3, -0.25) is 34.8 Å². The SMILES string of the molecule is O=C(c1cc([N+](=O)[O-])cc([N+](=O)[O-])c1)N(CCN1CCOCC1)c1nc2ccccc2s1. The van der Waals surface area contributed by atoms with Gasteiger partial charge in [-0.05, 0) is 12.1 Å². The molecule has 0 N–H and O–H groups in total. The molecule has 1 amide bonds. The first-order chi connectivity index (χ1) is 15.4. The van der Waals surface area contributed by atoms with Crippen molar-refractivity contribution in [3.8, 4) is 0 Å². The Morgan fingerprint density at radius 1 is 1.09 bits per heavy atom. The number of rotatable bonds is 7. The molecule has 1 fully saturated rings. The number of benzene rings is 2. The largest absolute Gasteiger partial charge is 0.379 e. The molecule has 1 aliphatic heterocycles. The smallest absolute Gasteiger partial charge is 0.277 e. The lowest BCUT2D eigenvalue weighted by atomic mass is 10.1. The number of anilines is 1. The zero-order valence-corrected chi connectivity index (χ0v) is 17.7. The molecule has 12 heteroatoms. The van der Waals surface area contributed by atoms with Gasteiger partial charge in [0, 0.05) is 38.3 Å². The number of nitro benzene ring substituents is 2. The second-order valence-electron chi connectivity index (χ2n) is 7.13. The Hall–Kier alpha value is -3.48. The van der Waals surface area contributed by atoms with Crippen LogP contribution in [0, 0.1) is 20.2 Å². The minimum atomic E-state index is -0.750. The molecule has 2 heterocycles. The van der Waals surface area contributed by atoms with Gasteiger partial charge in [0.1, 0.15) is 0 Å². The molecule has 0 spiro atoms. The third kappa shape index (κ3) is 4.72. The van der Waals surface area contributed by atoms with Crippen molar-refractivity contribution >= 4 is 44.0 Å². The molecule has 1 aromatic heterocycles. The summed E-state index contributed by atoms with van der Waals surface area (Å²) in [7, 11) is 0. The highest BCUT2D eigenvalue weighted by Crippen LogP contribution is 2.31. The van der Waals surface area contributed by atoms with Crippen molar-refractivity contribution in [2.24, 2.45) is 0 Å². The fraction of sp³-hybridized carbons (Fsp3) is 0.300. The number of fused-ring (bicyclic) bond motifs is 1. The van der Waals surface area contributed by atoms with E-state index >= 15 is 0 Å². The quantitative estimate of drug-likeness (QED) is 0.390. The third-order valence-electron chi connectivity index (χ3n) is 5.07. The van der Waals surface area contributed by atoms with Crippen LogP contribution in [0.4, 0.5) is 16.5 Å². The summed E-state index contributed by atoms with van der Waals surface area (Å²) < 4.78 is 6.24. The maximum atomic E-state index is 13.4. The van der Waals surface area contributed by atoms with Crippen LogP contribution in [0.3, 0.4) is 0 Å². The number of thiazole rings is 1. The number of hydrogen-bond donors (Lipinski definition) is 0. The van der Waals surface area contributed by atoms with Gasteiger partial charge >= 0.3 is 0 Å². The van der Waals surface area contributed by atoms with E-state index in [1.807, 2.05) is 24.3 Å². The van der Waals surface area contributed by atoms with Crippen LogP contribution in [-0.2, 0) is 4.74 Å². The number of ether oxygens (including phenoxy) is 1. The van der Waals surface area contributed by atoms with E-state index in [1.165, 1.54) is 16.2 Å². The molecule has 166 valence electrons. The summed E-state index contributed by atoms with van der Waals surface area (Å²) in [5.74, 6) is -0.580. The Bertz CT molecular complexity index is 1110. The lowest BCUT2D eigenvalue weighted by molar-refractivity contribution is -0.394. The number of nitro groups is 2. The second kappa shape index (κ2) is 9.34. The van der Waals surface area contributed by atoms with Gasteiger partial charge in [0.2, 0.25) is 0 Å². The molecule has 11 nitrogen and oxygen atoms in total. The van der Waals surface area contributed by atoms with Gasteiger partial charge in [-0.25, -0.2) is 4.98 Å². The molecule has 3 aromatic rings. The van der Waals surface area contributed by atoms with E-state index in [0.717, 1.165) is 41.5 Å². The van der Waals surface area contributed by atoms with Crippen molar-refractivity contribution in [1.29, 1.82) is 0 Å². The highest BCUT2D eigenvalue weighted by Gasteiger charge is 2.26. The number of para-hydroxylation sites is 1. The van der Waals surface area contributed by atoms with E-state index in [0.29, 0.717) is 24.9 Å². The molecule has 0 unspecified atom stereocenters. The highest BCUT2D eigenvalue weighted by atomic mass is 32.1. The first-order valence-electron chi connectivity index (χ1n) is 9.84. The molecule has 2 aromatic carbocycles. The fourth-order valence-corrected chi connectivity index (χ4v) is 4.40. The van der Waals surface area contributed by atoms with Gasteiger partial charge < -0.3 is 4.74 Å². The van der Waals surface area contributed by atoms with Gasteiger partial charge in [0.25, 0.3) is 17.3 Å². The van der Waals surface area contributed by atoms with Gasteiger partial charge in [0.15, 0.2) is 5.13 Å². The molecule has 0 aliphatic carbocycles. The Kier molecular flexibility index (Phi) is 6.35. The van der Waals surface area contributed by atoms with E-state index in [1.54, 1.807) is 0 Å². The lowest BCUT2D eigenvalue weighted by Gasteiger charge is -2.29. The summed E-state index contributed by atoms with van der Waals surface area (Å²) in [6, 6.07) is 10.4. The number of hydrogen-bond acceptors (Lipinski definition) is 9. The van der Waals surface area contributed by atoms with Crippen LogP contribution in [0.25, 0.3) is 10.2 Å². The minimum absolute atomic E-state index is 0.132. The summed E-state index contributed by atoms with van der Waals surface area (Å²) >= 11 is 1.32. The standard InChI is InChI=1S/C20H19N5O6S/c26-19(14-11-15(24(27)28)13-16(12-14)25(29)30)23(6-5-22-7-9-31-10-8-22)20-21-17-3-1-2-4-18(17)32-20/h1-4,11-13H,5-10H2. The Morgan fingerprint density at radius 2 is 1.75 bits per heavy atom. The van der Waals surface area contributed by atoms with Gasteiger partial charge in [-0.1, -0.05) is 23.5 Å². The first kappa shape index (κ1) is 21.7. The first-order valence-corrected chi connectivity index (χ1v) is 10.7. The van der Waals surface area contributed by atoms with Crippen LogP contribution in [0.15, 0.2) is 42.5 Å². The van der Waals surface area contributed by atoms with Crippen molar-refractivity contribution in [1.82, 2.24) is 9.88 Å². The van der Waals surface area contributed by atoms with Gasteiger partial charge in [-0.2, -0.15) is 0 Å². The predicted octanol–water partition coefficient (Wildman–Crippen LogP) is 3.09. The molecule has 32 heavy (non-hydrogen) atoms. The summed E-state index contributed by atoms with van der Waals surface area (Å²) in [5, 5.41) is 23.0. The van der Waals surface area contributed by atoms with Crippen molar-refractivity contribution in [2.45, 2.75) is 0 Å². The number of carbonyl (C=O) groups excluding carboxylic acids is 1. The third-order valence-corrected chi connectivity index (χ3v) is 6.13. The van der Waals surface area contributed by atoms with Crippen LogP contribution in [0.5, 0.6) is 0 Å². The van der Waals surface area contributed by atoms with E-state index < -0.39 is 27.1 Å². The lowest BCUT2D eigenvalue weighted by Crippen LogP contribution is -2.43. The Balaban J connectivity index is 1.70. The summed E-state index contributed by atoms with van der Waals surface area (Å²) in [4.78, 5) is 42.6. The molecule has 1 saturated heterocycles. The molecule has 0 saturated carbocycles. The topological polar surface area (TPSA) is 132 Å². The summed E-state index contributed by atoms with van der Waals surface area (Å²) in [6.07, 6.45) is 0. The van der Waals surface area contributed by atoms with Crippen LogP contribution in [0.2, 0.25) is 0 Å². The molecular formula is C20H19N5O6S. The van der Waals surface area contributed by atoms with Crippen LogP contribution >= 0.6 is 11.3 Å². The predicted molar refractivity (Wildman–Crippen MR) is 118 cm³/mol. The molecule has 1 aliphatic rings. The van der Waals surface area contributed by atoms with E-state index in [2.05, 4.69) is 9.88 Å². The van der Waals surface area contributed by atoms with Crippen molar-refractivity contribution in [2.75, 3.05) is 44.3 Å². The fourth-order valence-electron chi connectivity index (χ4n) is 3.41. The number of amides is 1. The summed E-state index contributed by atoms with van der Waals surface area (Å²) in [5.41, 5.74) is -0.436. The van der Waals surface area contributed by atoms with Crippen LogP contribution in [0.1, 0.15) is 10.4 Å². The zero-order valence-electron chi connectivity index (χ0n) is 16.9. The van der Waals surface area contributed by atoms with Crippen molar-refractivity contribution in [3.05, 3.63) is 68.3 Å². The van der Waals surface area contributed by atoms with E-state index in [9.17, 15) is 25.0 Å². The normalized spacial score (nSPS) is 14.4. The molecular weight excluding hydrogens is 438 g/mol. The van der Waals surface area contributed by atoms with Crippen molar-refractivity contribution in [3.63, 3.8) is 0 Å². The molecule has 0 radical (unpaired) electrons. The molecule has 0 atom stereocenters. The Morgan fingerprint density at radius 3 is 2.38 bits per heavy atom. The zero-order chi connectivity index (χ0) is 22.7. The van der Waals surface area contributed by atoms with Crippen LogP contribution in [-0.4, -0.2) is 65.0 Å². The number of carbonyl (C=O) groups is 1. The molecule has 4 rings (SSSR count). The van der Waals surface area contributed by atoms with Gasteiger partial charge in [0.05, 0.1) is 44.9 Å².